The fourth-order valence-electron chi connectivity index (χ4n) is 3.43. The summed E-state index contributed by atoms with van der Waals surface area (Å²) in [5.41, 5.74) is 2.81. The first-order chi connectivity index (χ1) is 17.4. The SMILES string of the molecule is O=C(O)CN1C(=O)C(=Cc2ccc(OCCc3ccc(Cl)cc3)c(OCc3ccccc3)c2)SC1=S. The van der Waals surface area contributed by atoms with Gasteiger partial charge in [-0.3, -0.25) is 14.5 Å². The van der Waals surface area contributed by atoms with Crippen molar-refractivity contribution >= 4 is 57.9 Å². The summed E-state index contributed by atoms with van der Waals surface area (Å²) in [6, 6.07) is 22.8. The molecule has 0 bridgehead atoms. The summed E-state index contributed by atoms with van der Waals surface area (Å²) in [4.78, 5) is 25.1. The van der Waals surface area contributed by atoms with Gasteiger partial charge in [-0.05, 0) is 47.0 Å². The number of halogens is 1. The zero-order valence-corrected chi connectivity index (χ0v) is 21.4. The number of thiocarbonyl (C=S) groups is 1. The predicted octanol–water partition coefficient (Wildman–Crippen LogP) is 5.83. The molecule has 1 N–H and O–H groups in total. The second-order valence-corrected chi connectivity index (χ2v) is 9.98. The minimum absolute atomic E-state index is 0.219. The molecule has 0 atom stereocenters. The first-order valence-electron chi connectivity index (χ1n) is 11.0. The Morgan fingerprint density at radius 2 is 1.75 bits per heavy atom. The summed E-state index contributed by atoms with van der Waals surface area (Å²) in [5, 5.41) is 9.73. The van der Waals surface area contributed by atoms with E-state index in [4.69, 9.17) is 38.4 Å². The number of benzene rings is 3. The molecule has 1 aliphatic rings. The number of thioether (sulfide) groups is 1. The third-order valence-electron chi connectivity index (χ3n) is 5.23. The van der Waals surface area contributed by atoms with Crippen molar-refractivity contribution in [3.8, 4) is 11.5 Å². The van der Waals surface area contributed by atoms with Crippen molar-refractivity contribution in [3.05, 3.63) is 99.4 Å². The topological polar surface area (TPSA) is 76.1 Å². The van der Waals surface area contributed by atoms with Crippen LogP contribution in [0.4, 0.5) is 0 Å². The molecule has 6 nitrogen and oxygen atoms in total. The molecule has 1 saturated heterocycles. The van der Waals surface area contributed by atoms with Gasteiger partial charge < -0.3 is 14.6 Å². The second-order valence-electron chi connectivity index (χ2n) is 7.87. The van der Waals surface area contributed by atoms with Gasteiger partial charge in [0.2, 0.25) is 0 Å². The van der Waals surface area contributed by atoms with Crippen LogP contribution in [0.2, 0.25) is 5.02 Å². The summed E-state index contributed by atoms with van der Waals surface area (Å²) < 4.78 is 12.3. The summed E-state index contributed by atoms with van der Waals surface area (Å²) in [6.07, 6.45) is 2.37. The van der Waals surface area contributed by atoms with E-state index < -0.39 is 18.4 Å². The van der Waals surface area contributed by atoms with Gasteiger partial charge in [0, 0.05) is 11.4 Å². The number of carbonyl (C=O) groups is 2. The molecular weight excluding hydrogens is 518 g/mol. The van der Waals surface area contributed by atoms with Gasteiger partial charge in [-0.2, -0.15) is 0 Å². The number of carbonyl (C=O) groups excluding carboxylic acids is 1. The number of carboxylic acid groups (broad SMARTS) is 1. The number of amides is 1. The Hall–Kier alpha value is -3.33. The molecule has 0 unspecified atom stereocenters. The van der Waals surface area contributed by atoms with Crippen LogP contribution < -0.4 is 9.47 Å². The van der Waals surface area contributed by atoms with Gasteiger partial charge in [-0.25, -0.2) is 0 Å². The Labute approximate surface area is 223 Å². The molecule has 36 heavy (non-hydrogen) atoms. The van der Waals surface area contributed by atoms with Crippen molar-refractivity contribution in [2.24, 2.45) is 0 Å². The molecule has 9 heteroatoms. The molecule has 1 amide bonds. The number of hydrogen-bond acceptors (Lipinski definition) is 6. The maximum absolute atomic E-state index is 12.6. The van der Waals surface area contributed by atoms with Crippen molar-refractivity contribution in [3.63, 3.8) is 0 Å². The first-order valence-corrected chi connectivity index (χ1v) is 12.6. The fraction of sp³-hybridized carbons (Fsp3) is 0.148. The van der Waals surface area contributed by atoms with Gasteiger partial charge >= 0.3 is 5.97 Å². The van der Waals surface area contributed by atoms with Crippen LogP contribution in [0.25, 0.3) is 6.08 Å². The highest BCUT2D eigenvalue weighted by Crippen LogP contribution is 2.35. The highest BCUT2D eigenvalue weighted by atomic mass is 35.5. The van der Waals surface area contributed by atoms with Crippen LogP contribution in [-0.4, -0.2) is 39.4 Å². The maximum Gasteiger partial charge on any atom is 0.323 e. The van der Waals surface area contributed by atoms with Gasteiger partial charge in [0.1, 0.15) is 17.5 Å². The lowest BCUT2D eigenvalue weighted by molar-refractivity contribution is -0.140. The fourth-order valence-corrected chi connectivity index (χ4v) is 4.82. The van der Waals surface area contributed by atoms with E-state index in [-0.39, 0.29) is 4.32 Å². The lowest BCUT2D eigenvalue weighted by atomic mass is 10.1. The molecule has 0 saturated carbocycles. The molecule has 1 heterocycles. The number of rotatable bonds is 10. The normalized spacial score (nSPS) is 14.4. The number of aliphatic carboxylic acids is 1. The molecule has 4 rings (SSSR count). The average molecular weight is 540 g/mol. The van der Waals surface area contributed by atoms with Crippen molar-refractivity contribution < 1.29 is 24.2 Å². The third kappa shape index (κ3) is 6.87. The van der Waals surface area contributed by atoms with Gasteiger partial charge in [0.05, 0.1) is 11.5 Å². The van der Waals surface area contributed by atoms with Crippen molar-refractivity contribution in [1.29, 1.82) is 0 Å². The standard InChI is InChI=1S/C27H22ClNO5S2/c28-21-9-6-18(7-10-21)12-13-33-22-11-8-20(14-23(22)34-17-19-4-2-1-3-5-19)15-24-26(32)29(16-25(30)31)27(35)36-24/h1-11,14-15H,12-13,16-17H2,(H,30,31). The molecule has 1 aliphatic heterocycles. The highest BCUT2D eigenvalue weighted by Gasteiger charge is 2.33. The van der Waals surface area contributed by atoms with E-state index in [0.717, 1.165) is 27.8 Å². The van der Waals surface area contributed by atoms with Crippen LogP contribution in [0.5, 0.6) is 11.5 Å². The van der Waals surface area contributed by atoms with E-state index in [1.165, 1.54) is 0 Å². The zero-order chi connectivity index (χ0) is 25.5. The van der Waals surface area contributed by atoms with Gasteiger partial charge in [-0.1, -0.05) is 84.1 Å². The van der Waals surface area contributed by atoms with Crippen molar-refractivity contribution in [2.75, 3.05) is 13.2 Å². The Balaban J connectivity index is 1.52. The van der Waals surface area contributed by atoms with E-state index in [0.29, 0.717) is 46.6 Å². The lowest BCUT2D eigenvalue weighted by Gasteiger charge is -2.14. The minimum atomic E-state index is -1.12. The van der Waals surface area contributed by atoms with E-state index in [1.54, 1.807) is 18.2 Å². The Morgan fingerprint density at radius 3 is 2.47 bits per heavy atom. The molecule has 0 radical (unpaired) electrons. The molecule has 184 valence electrons. The van der Waals surface area contributed by atoms with E-state index >= 15 is 0 Å². The quantitative estimate of drug-likeness (QED) is 0.257. The maximum atomic E-state index is 12.6. The zero-order valence-electron chi connectivity index (χ0n) is 19.1. The largest absolute Gasteiger partial charge is 0.489 e. The van der Waals surface area contributed by atoms with E-state index in [9.17, 15) is 9.59 Å². The van der Waals surface area contributed by atoms with Crippen LogP contribution in [-0.2, 0) is 22.6 Å². The molecule has 0 aromatic heterocycles. The van der Waals surface area contributed by atoms with Crippen LogP contribution in [0.15, 0.2) is 77.7 Å². The van der Waals surface area contributed by atoms with E-state index in [2.05, 4.69) is 0 Å². The Morgan fingerprint density at radius 1 is 1.00 bits per heavy atom. The van der Waals surface area contributed by atoms with Crippen LogP contribution in [0.1, 0.15) is 16.7 Å². The van der Waals surface area contributed by atoms with Crippen LogP contribution in [0.3, 0.4) is 0 Å². The number of nitrogens with zero attached hydrogens (tertiary/aromatic N) is 1. The van der Waals surface area contributed by atoms with Crippen LogP contribution in [0, 0.1) is 0 Å². The molecule has 0 spiro atoms. The smallest absolute Gasteiger partial charge is 0.323 e. The average Bonchev–Trinajstić information content (AvgIpc) is 3.12. The number of ether oxygens (including phenoxy) is 2. The molecule has 1 fully saturated rings. The molecular formula is C27H22ClNO5S2. The Kier molecular flexibility index (Phi) is 8.64. The van der Waals surface area contributed by atoms with Crippen molar-refractivity contribution in [2.45, 2.75) is 13.0 Å². The molecule has 3 aromatic rings. The lowest BCUT2D eigenvalue weighted by Crippen LogP contribution is -2.33. The highest BCUT2D eigenvalue weighted by molar-refractivity contribution is 8.26. The van der Waals surface area contributed by atoms with Gasteiger partial charge in [0.15, 0.2) is 11.5 Å². The van der Waals surface area contributed by atoms with Gasteiger partial charge in [-0.15, -0.1) is 0 Å². The summed E-state index contributed by atoms with van der Waals surface area (Å²) >= 11 is 12.2. The van der Waals surface area contributed by atoms with Crippen LogP contribution >= 0.6 is 35.6 Å². The summed E-state index contributed by atoms with van der Waals surface area (Å²) in [7, 11) is 0. The first kappa shape index (κ1) is 25.8. The van der Waals surface area contributed by atoms with Crippen molar-refractivity contribution in [1.82, 2.24) is 4.90 Å². The number of carboxylic acids is 1. The molecule has 3 aromatic carbocycles. The van der Waals surface area contributed by atoms with E-state index in [1.807, 2.05) is 60.7 Å². The Bertz CT molecular complexity index is 1300. The summed E-state index contributed by atoms with van der Waals surface area (Å²) in [6.45, 7) is 0.322. The van der Waals surface area contributed by atoms with Gasteiger partial charge in [0.25, 0.3) is 5.91 Å². The third-order valence-corrected chi connectivity index (χ3v) is 6.86. The predicted molar refractivity (Wildman–Crippen MR) is 145 cm³/mol. The monoisotopic (exact) mass is 539 g/mol. The minimum Gasteiger partial charge on any atom is -0.489 e. The number of hydrogen-bond donors (Lipinski definition) is 1. The molecule has 0 aliphatic carbocycles. The second kappa shape index (κ2) is 12.1. The summed E-state index contributed by atoms with van der Waals surface area (Å²) in [5.74, 6) is -0.438.